The number of anilines is 1. The summed E-state index contributed by atoms with van der Waals surface area (Å²) >= 11 is 3.22. The summed E-state index contributed by atoms with van der Waals surface area (Å²) < 4.78 is 32.6. The molecule has 8 nitrogen and oxygen atoms in total. The molecule has 2 aromatic rings. The van der Waals surface area contributed by atoms with E-state index in [2.05, 4.69) is 26.0 Å². The number of ether oxygens (including phenoxy) is 1. The van der Waals surface area contributed by atoms with Gasteiger partial charge in [0.05, 0.1) is 24.5 Å². The van der Waals surface area contributed by atoms with Crippen LogP contribution in [0.4, 0.5) is 5.69 Å². The number of hydrogen-bond acceptors (Lipinski definition) is 6. The van der Waals surface area contributed by atoms with Gasteiger partial charge in [0, 0.05) is 10.2 Å². The Morgan fingerprint density at radius 3 is 2.28 bits per heavy atom. The lowest BCUT2D eigenvalue weighted by Crippen LogP contribution is -2.46. The number of benzene rings is 2. The maximum absolute atomic E-state index is 12.4. The molecule has 0 unspecified atom stereocenters. The maximum atomic E-state index is 12.4. The predicted octanol–water partition coefficient (Wildman–Crippen LogP) is 1.83. The van der Waals surface area contributed by atoms with Gasteiger partial charge in [0.2, 0.25) is 15.9 Å². The van der Waals surface area contributed by atoms with Gasteiger partial charge in [-0.2, -0.15) is 4.72 Å². The molecule has 0 heterocycles. The van der Waals surface area contributed by atoms with Crippen LogP contribution in [-0.2, 0) is 30.8 Å². The Hall–Kier alpha value is -2.27. The Labute approximate surface area is 177 Å². The third-order valence-electron chi connectivity index (χ3n) is 3.80. The minimum Gasteiger partial charge on any atom is -0.466 e. The Morgan fingerprint density at radius 2 is 1.72 bits per heavy atom. The zero-order valence-corrected chi connectivity index (χ0v) is 18.0. The number of rotatable bonds is 9. The molecule has 0 saturated heterocycles. The number of sulfonamides is 1. The third-order valence-corrected chi connectivity index (χ3v) is 5.81. The number of amides is 1. The summed E-state index contributed by atoms with van der Waals surface area (Å²) in [6.45, 7) is 1.30. The van der Waals surface area contributed by atoms with Crippen LogP contribution in [-0.4, -0.2) is 44.7 Å². The topological polar surface area (TPSA) is 122 Å². The van der Waals surface area contributed by atoms with E-state index in [0.29, 0.717) is 22.3 Å². The second kappa shape index (κ2) is 10.5. The van der Waals surface area contributed by atoms with Crippen molar-refractivity contribution in [3.05, 3.63) is 58.6 Å². The van der Waals surface area contributed by atoms with Crippen LogP contribution in [0.15, 0.2) is 57.9 Å². The van der Waals surface area contributed by atoms with E-state index in [4.69, 9.17) is 4.74 Å². The lowest BCUT2D eigenvalue weighted by atomic mass is 10.1. The largest absolute Gasteiger partial charge is 0.466 e. The van der Waals surface area contributed by atoms with Crippen LogP contribution in [0.1, 0.15) is 12.5 Å². The van der Waals surface area contributed by atoms with Crippen LogP contribution in [0.2, 0.25) is 0 Å². The number of halogens is 1. The van der Waals surface area contributed by atoms with E-state index in [1.54, 1.807) is 43.3 Å². The van der Waals surface area contributed by atoms with Gasteiger partial charge in [-0.15, -0.1) is 0 Å². The van der Waals surface area contributed by atoms with E-state index in [-0.39, 0.29) is 17.3 Å². The molecule has 0 radical (unpaired) electrons. The number of esters is 1. The minimum absolute atomic E-state index is 0.0322. The molecule has 1 amide bonds. The van der Waals surface area contributed by atoms with Crippen LogP contribution in [0.25, 0.3) is 0 Å². The van der Waals surface area contributed by atoms with Crippen LogP contribution < -0.4 is 10.0 Å². The van der Waals surface area contributed by atoms with Gasteiger partial charge >= 0.3 is 5.97 Å². The number of aliphatic hydroxyl groups is 1. The fourth-order valence-electron chi connectivity index (χ4n) is 2.36. The van der Waals surface area contributed by atoms with E-state index >= 15 is 0 Å². The van der Waals surface area contributed by atoms with Crippen LogP contribution in [0.5, 0.6) is 0 Å². The average Bonchev–Trinajstić information content (AvgIpc) is 2.68. The molecular formula is C19H21BrN2O6S. The van der Waals surface area contributed by atoms with Crippen molar-refractivity contribution in [2.45, 2.75) is 24.3 Å². The summed E-state index contributed by atoms with van der Waals surface area (Å²) in [5.74, 6) is -1.07. The Morgan fingerprint density at radius 1 is 1.10 bits per heavy atom. The summed E-state index contributed by atoms with van der Waals surface area (Å²) in [5, 5.41) is 12.0. The SMILES string of the molecule is CCOC(=O)Cc1ccc(NC(=O)[C@H](CO)NS(=O)(=O)c2ccc(Br)cc2)cc1. The normalized spacial score (nSPS) is 12.2. The van der Waals surface area contributed by atoms with Crippen molar-refractivity contribution < 1.29 is 27.9 Å². The molecule has 3 N–H and O–H groups in total. The Balaban J connectivity index is 2.02. The van der Waals surface area contributed by atoms with Crippen LogP contribution >= 0.6 is 15.9 Å². The highest BCUT2D eigenvalue weighted by Gasteiger charge is 2.25. The summed E-state index contributed by atoms with van der Waals surface area (Å²) in [7, 11) is -3.99. The van der Waals surface area contributed by atoms with Crippen molar-refractivity contribution in [2.24, 2.45) is 0 Å². The van der Waals surface area contributed by atoms with Gasteiger partial charge in [-0.3, -0.25) is 9.59 Å². The molecule has 0 saturated carbocycles. The first-order valence-electron chi connectivity index (χ1n) is 8.69. The van der Waals surface area contributed by atoms with Crippen molar-refractivity contribution in [2.75, 3.05) is 18.5 Å². The van der Waals surface area contributed by atoms with Crippen molar-refractivity contribution in [3.8, 4) is 0 Å². The van der Waals surface area contributed by atoms with Crippen molar-refractivity contribution >= 4 is 43.5 Å². The Bertz CT molecular complexity index is 946. The van der Waals surface area contributed by atoms with Gasteiger partial charge in [0.25, 0.3) is 0 Å². The maximum Gasteiger partial charge on any atom is 0.310 e. The first-order chi connectivity index (χ1) is 13.7. The van der Waals surface area contributed by atoms with Gasteiger partial charge in [-0.25, -0.2) is 8.42 Å². The molecule has 2 aromatic carbocycles. The van der Waals surface area contributed by atoms with Crippen LogP contribution in [0.3, 0.4) is 0 Å². The van der Waals surface area contributed by atoms with Gasteiger partial charge < -0.3 is 15.2 Å². The molecule has 1 atom stereocenters. The number of carbonyl (C=O) groups is 2. The van der Waals surface area contributed by atoms with Gasteiger partial charge in [-0.05, 0) is 48.9 Å². The summed E-state index contributed by atoms with van der Waals surface area (Å²) in [5.41, 5.74) is 1.10. The van der Waals surface area contributed by atoms with Crippen molar-refractivity contribution in [3.63, 3.8) is 0 Å². The Kier molecular flexibility index (Phi) is 8.32. The first-order valence-corrected chi connectivity index (χ1v) is 11.0. The zero-order valence-electron chi connectivity index (χ0n) is 15.6. The second-order valence-corrected chi connectivity index (χ2v) is 8.61. The molecule has 0 spiro atoms. The molecule has 0 bridgehead atoms. The minimum atomic E-state index is -3.99. The lowest BCUT2D eigenvalue weighted by molar-refractivity contribution is -0.142. The fraction of sp³-hybridized carbons (Fsp3) is 0.263. The highest BCUT2D eigenvalue weighted by Crippen LogP contribution is 2.15. The molecule has 29 heavy (non-hydrogen) atoms. The smallest absolute Gasteiger partial charge is 0.310 e. The number of hydrogen-bond donors (Lipinski definition) is 3. The predicted molar refractivity (Wildman–Crippen MR) is 111 cm³/mol. The van der Waals surface area contributed by atoms with E-state index in [1.807, 2.05) is 0 Å². The van der Waals surface area contributed by atoms with Crippen LogP contribution in [0, 0.1) is 0 Å². The molecule has 0 fully saturated rings. The standard InChI is InChI=1S/C19H21BrN2O6S/c1-2-28-18(24)11-13-3-7-15(8-4-13)21-19(25)17(12-23)22-29(26,27)16-9-5-14(20)6-10-16/h3-10,17,22-23H,2,11-12H2,1H3,(H,21,25)/t17-/m0/s1. The van der Waals surface area contributed by atoms with Crippen molar-refractivity contribution in [1.82, 2.24) is 4.72 Å². The summed E-state index contributed by atoms with van der Waals surface area (Å²) in [6.07, 6.45) is 0.105. The summed E-state index contributed by atoms with van der Waals surface area (Å²) in [6, 6.07) is 10.9. The average molecular weight is 485 g/mol. The van der Waals surface area contributed by atoms with E-state index in [9.17, 15) is 23.1 Å². The van der Waals surface area contributed by atoms with Gasteiger partial charge in [0.15, 0.2) is 0 Å². The molecule has 0 aliphatic rings. The molecular weight excluding hydrogens is 464 g/mol. The molecule has 0 aliphatic carbocycles. The quantitative estimate of drug-likeness (QED) is 0.466. The number of nitrogens with one attached hydrogen (secondary N) is 2. The molecule has 0 aromatic heterocycles. The molecule has 2 rings (SSSR count). The molecule has 0 aliphatic heterocycles. The number of aliphatic hydroxyl groups excluding tert-OH is 1. The van der Waals surface area contributed by atoms with Crippen molar-refractivity contribution in [1.29, 1.82) is 0 Å². The summed E-state index contributed by atoms with van der Waals surface area (Å²) in [4.78, 5) is 23.8. The van der Waals surface area contributed by atoms with E-state index in [0.717, 1.165) is 0 Å². The highest BCUT2D eigenvalue weighted by molar-refractivity contribution is 9.10. The number of carbonyl (C=O) groups excluding carboxylic acids is 2. The fourth-order valence-corrected chi connectivity index (χ4v) is 3.81. The lowest BCUT2D eigenvalue weighted by Gasteiger charge is -2.16. The molecule has 10 heteroatoms. The highest BCUT2D eigenvalue weighted by atomic mass is 79.9. The third kappa shape index (κ3) is 6.93. The van der Waals surface area contributed by atoms with E-state index < -0.39 is 28.6 Å². The molecule has 156 valence electrons. The van der Waals surface area contributed by atoms with E-state index in [1.165, 1.54) is 12.1 Å². The monoisotopic (exact) mass is 484 g/mol. The zero-order chi connectivity index (χ0) is 21.4. The second-order valence-electron chi connectivity index (χ2n) is 5.98. The van der Waals surface area contributed by atoms with Gasteiger partial charge in [0.1, 0.15) is 6.04 Å². The first kappa shape index (κ1) is 23.0. The van der Waals surface area contributed by atoms with Gasteiger partial charge in [-0.1, -0.05) is 28.1 Å².